The highest BCUT2D eigenvalue weighted by molar-refractivity contribution is 9.10. The number of oxazole rings is 1. The number of carbonyl (C=O) groups excluding carboxylic acids is 1. The third-order valence-corrected chi connectivity index (χ3v) is 5.90. The minimum Gasteiger partial charge on any atom is -0.491 e. The molecule has 0 spiro atoms. The van der Waals surface area contributed by atoms with Crippen molar-refractivity contribution < 1.29 is 13.9 Å². The van der Waals surface area contributed by atoms with Gasteiger partial charge < -0.3 is 14.5 Å². The van der Waals surface area contributed by atoms with Gasteiger partial charge in [0.1, 0.15) is 11.3 Å². The van der Waals surface area contributed by atoms with E-state index in [9.17, 15) is 4.79 Å². The molecule has 3 aromatic carbocycles. The van der Waals surface area contributed by atoms with E-state index in [1.54, 1.807) is 12.1 Å². The Bertz CT molecular complexity index is 1250. The second kappa shape index (κ2) is 9.57. The van der Waals surface area contributed by atoms with Crippen molar-refractivity contribution in [3.63, 3.8) is 0 Å². The maximum atomic E-state index is 12.7. The Labute approximate surface area is 195 Å². The van der Waals surface area contributed by atoms with E-state index in [2.05, 4.69) is 46.1 Å². The van der Waals surface area contributed by atoms with Gasteiger partial charge in [0, 0.05) is 16.8 Å². The molecule has 0 aliphatic carbocycles. The number of hydrogen-bond acceptors (Lipinski definition) is 4. The molecule has 1 amide bonds. The van der Waals surface area contributed by atoms with Crippen LogP contribution in [-0.2, 0) is 6.42 Å². The first-order valence-corrected chi connectivity index (χ1v) is 11.5. The van der Waals surface area contributed by atoms with Gasteiger partial charge in [0.25, 0.3) is 5.91 Å². The number of hydrogen-bond donors (Lipinski definition) is 1. The standard InChI is InChI=1S/C26H25BrN2O3/c1-4-16(3)31-21-8-6-7-19(15-21)25(30)28-20-11-9-18(10-12-20)26-29-23-14-17(5-2)13-22(27)24(23)32-26/h6-16H,4-5H2,1-3H3,(H,28,30). The number of nitrogens with one attached hydrogen (secondary N) is 1. The summed E-state index contributed by atoms with van der Waals surface area (Å²) < 4.78 is 12.7. The average Bonchev–Trinajstić information content (AvgIpc) is 3.24. The van der Waals surface area contributed by atoms with Gasteiger partial charge in [0.2, 0.25) is 5.89 Å². The molecule has 32 heavy (non-hydrogen) atoms. The van der Waals surface area contributed by atoms with E-state index in [0.717, 1.165) is 34.0 Å². The van der Waals surface area contributed by atoms with Crippen molar-refractivity contribution in [1.82, 2.24) is 4.98 Å². The lowest BCUT2D eigenvalue weighted by Crippen LogP contribution is -2.13. The molecule has 164 valence electrons. The largest absolute Gasteiger partial charge is 0.491 e. The molecule has 1 heterocycles. The zero-order valence-corrected chi connectivity index (χ0v) is 19.9. The molecule has 0 saturated carbocycles. The Morgan fingerprint density at radius 1 is 1.12 bits per heavy atom. The SMILES string of the molecule is CCc1cc(Br)c2oc(-c3ccc(NC(=O)c4cccc(OC(C)CC)c4)cc3)nc2c1. The highest BCUT2D eigenvalue weighted by Crippen LogP contribution is 2.31. The van der Waals surface area contributed by atoms with Gasteiger partial charge in [0.15, 0.2) is 5.58 Å². The molecule has 0 aliphatic heterocycles. The van der Waals surface area contributed by atoms with Crippen LogP contribution in [0.3, 0.4) is 0 Å². The van der Waals surface area contributed by atoms with Gasteiger partial charge in [-0.15, -0.1) is 0 Å². The molecule has 4 rings (SSSR count). The maximum Gasteiger partial charge on any atom is 0.255 e. The summed E-state index contributed by atoms with van der Waals surface area (Å²) >= 11 is 3.57. The first kappa shape index (κ1) is 22.1. The number of halogens is 1. The molecule has 1 atom stereocenters. The number of benzene rings is 3. The second-order valence-corrected chi connectivity index (χ2v) is 8.55. The van der Waals surface area contributed by atoms with E-state index < -0.39 is 0 Å². The van der Waals surface area contributed by atoms with Crippen molar-refractivity contribution in [2.24, 2.45) is 0 Å². The van der Waals surface area contributed by atoms with Crippen molar-refractivity contribution in [3.8, 4) is 17.2 Å². The average molecular weight is 493 g/mol. The lowest BCUT2D eigenvalue weighted by molar-refractivity contribution is 0.102. The summed E-state index contributed by atoms with van der Waals surface area (Å²) in [6.45, 7) is 6.18. The van der Waals surface area contributed by atoms with Gasteiger partial charge in [-0.3, -0.25) is 4.79 Å². The van der Waals surface area contributed by atoms with Crippen molar-refractivity contribution >= 4 is 38.6 Å². The molecule has 1 N–H and O–H groups in total. The number of anilines is 1. The molecule has 1 aromatic heterocycles. The van der Waals surface area contributed by atoms with Crippen LogP contribution in [-0.4, -0.2) is 17.0 Å². The minimum atomic E-state index is -0.190. The van der Waals surface area contributed by atoms with Crippen LogP contribution in [0.5, 0.6) is 5.75 Å². The number of aromatic nitrogens is 1. The maximum absolute atomic E-state index is 12.7. The van der Waals surface area contributed by atoms with Crippen LogP contribution in [0.4, 0.5) is 5.69 Å². The van der Waals surface area contributed by atoms with Crippen molar-refractivity contribution in [2.75, 3.05) is 5.32 Å². The molecule has 6 heteroatoms. The van der Waals surface area contributed by atoms with Crippen molar-refractivity contribution in [1.29, 1.82) is 0 Å². The van der Waals surface area contributed by atoms with E-state index in [4.69, 9.17) is 9.15 Å². The van der Waals surface area contributed by atoms with Gasteiger partial charge in [-0.05, 0) is 95.9 Å². The first-order chi connectivity index (χ1) is 15.5. The Morgan fingerprint density at radius 2 is 1.91 bits per heavy atom. The lowest BCUT2D eigenvalue weighted by Gasteiger charge is -2.13. The number of ether oxygens (including phenoxy) is 1. The smallest absolute Gasteiger partial charge is 0.255 e. The summed E-state index contributed by atoms with van der Waals surface area (Å²) in [5.41, 5.74) is 4.83. The third-order valence-electron chi connectivity index (χ3n) is 5.31. The molecule has 5 nitrogen and oxygen atoms in total. The van der Waals surface area contributed by atoms with Crippen LogP contribution in [0.25, 0.3) is 22.6 Å². The van der Waals surface area contributed by atoms with Crippen molar-refractivity contribution in [3.05, 3.63) is 76.3 Å². The summed E-state index contributed by atoms with van der Waals surface area (Å²) in [7, 11) is 0. The number of aryl methyl sites for hydroxylation is 1. The van der Waals surface area contributed by atoms with Crippen LogP contribution in [0, 0.1) is 0 Å². The topological polar surface area (TPSA) is 64.4 Å². The summed E-state index contributed by atoms with van der Waals surface area (Å²) in [6.07, 6.45) is 1.93. The van der Waals surface area contributed by atoms with Crippen LogP contribution in [0.1, 0.15) is 43.1 Å². The monoisotopic (exact) mass is 492 g/mol. The Hall–Kier alpha value is -3.12. The zero-order chi connectivity index (χ0) is 22.7. The quantitative estimate of drug-likeness (QED) is 0.295. The summed E-state index contributed by atoms with van der Waals surface area (Å²) in [5, 5.41) is 2.93. The summed E-state index contributed by atoms with van der Waals surface area (Å²) in [4.78, 5) is 17.3. The molecule has 0 radical (unpaired) electrons. The van der Waals surface area contributed by atoms with Gasteiger partial charge in [-0.25, -0.2) is 4.98 Å². The fraction of sp³-hybridized carbons (Fsp3) is 0.231. The van der Waals surface area contributed by atoms with E-state index in [-0.39, 0.29) is 12.0 Å². The van der Waals surface area contributed by atoms with E-state index >= 15 is 0 Å². The Kier molecular flexibility index (Phi) is 6.61. The summed E-state index contributed by atoms with van der Waals surface area (Å²) in [6, 6.07) is 18.8. The van der Waals surface area contributed by atoms with E-state index in [1.807, 2.05) is 49.4 Å². The predicted octanol–water partition coefficient (Wildman–Crippen LogP) is 7.25. The molecule has 0 bridgehead atoms. The third kappa shape index (κ3) is 4.86. The van der Waals surface area contributed by atoms with Crippen LogP contribution in [0.2, 0.25) is 0 Å². The van der Waals surface area contributed by atoms with Gasteiger partial charge >= 0.3 is 0 Å². The highest BCUT2D eigenvalue weighted by atomic mass is 79.9. The Balaban J connectivity index is 1.50. The molecule has 1 unspecified atom stereocenters. The lowest BCUT2D eigenvalue weighted by atomic mass is 10.1. The van der Waals surface area contributed by atoms with Gasteiger partial charge in [0.05, 0.1) is 10.6 Å². The number of nitrogens with zero attached hydrogens (tertiary/aromatic N) is 1. The van der Waals surface area contributed by atoms with Crippen LogP contribution in [0.15, 0.2) is 69.6 Å². The second-order valence-electron chi connectivity index (χ2n) is 7.69. The van der Waals surface area contributed by atoms with E-state index in [1.165, 1.54) is 5.56 Å². The molecular formula is C26H25BrN2O3. The molecule has 0 fully saturated rings. The van der Waals surface area contributed by atoms with E-state index in [0.29, 0.717) is 22.9 Å². The first-order valence-electron chi connectivity index (χ1n) is 10.7. The molecule has 0 saturated heterocycles. The number of carbonyl (C=O) groups is 1. The number of rotatable bonds is 7. The number of fused-ring (bicyclic) bond motifs is 1. The summed E-state index contributed by atoms with van der Waals surface area (Å²) in [5.74, 6) is 1.04. The minimum absolute atomic E-state index is 0.0990. The predicted molar refractivity (Wildman–Crippen MR) is 131 cm³/mol. The zero-order valence-electron chi connectivity index (χ0n) is 18.3. The van der Waals surface area contributed by atoms with Crippen LogP contribution < -0.4 is 10.1 Å². The molecule has 0 aliphatic rings. The fourth-order valence-corrected chi connectivity index (χ4v) is 3.88. The van der Waals surface area contributed by atoms with Crippen LogP contribution >= 0.6 is 15.9 Å². The van der Waals surface area contributed by atoms with Gasteiger partial charge in [-0.1, -0.05) is 19.9 Å². The highest BCUT2D eigenvalue weighted by Gasteiger charge is 2.13. The fourth-order valence-electron chi connectivity index (χ4n) is 3.30. The normalized spacial score (nSPS) is 12.0. The molecule has 4 aromatic rings. The number of amides is 1. The van der Waals surface area contributed by atoms with Crippen molar-refractivity contribution in [2.45, 2.75) is 39.7 Å². The Morgan fingerprint density at radius 3 is 2.62 bits per heavy atom. The molecular weight excluding hydrogens is 468 g/mol. The van der Waals surface area contributed by atoms with Gasteiger partial charge in [-0.2, -0.15) is 0 Å².